The number of aliphatic hydroxyl groups excluding tert-OH is 2. The van der Waals surface area contributed by atoms with E-state index in [1.807, 2.05) is 19.9 Å². The highest BCUT2D eigenvalue weighted by molar-refractivity contribution is 7.48. The van der Waals surface area contributed by atoms with E-state index < -0.39 is 301 Å². The lowest BCUT2D eigenvalue weighted by Crippen LogP contribution is -2.37. The number of hydrogen-bond acceptors (Lipinski definition) is 37. The second-order valence-corrected chi connectivity index (χ2v) is 36.0. The molecule has 6 aliphatic rings. The van der Waals surface area contributed by atoms with Gasteiger partial charge in [-0.05, 0) is 34.6 Å². The number of nitrogens with zero attached hydrogens (tertiary/aromatic N) is 6. The van der Waals surface area contributed by atoms with Crippen molar-refractivity contribution in [3.05, 3.63) is 196 Å². The van der Waals surface area contributed by atoms with Crippen LogP contribution in [0.2, 0.25) is 0 Å². The summed E-state index contributed by atoms with van der Waals surface area (Å²) in [7, 11) is -28.0. The molecule has 123 heavy (non-hydrogen) atoms. The number of phosphoric ester groups is 5. The number of amides is 1. The highest BCUT2D eigenvalue weighted by Gasteiger charge is 2.52. The summed E-state index contributed by atoms with van der Waals surface area (Å²) in [5.41, 5.74) is -6.25. The van der Waals surface area contributed by atoms with Crippen molar-refractivity contribution in [1.29, 1.82) is 0 Å². The van der Waals surface area contributed by atoms with Crippen molar-refractivity contribution >= 4 is 45.0 Å². The first-order chi connectivity index (χ1) is 57.7. The van der Waals surface area contributed by atoms with Crippen molar-refractivity contribution in [2.75, 3.05) is 52.7 Å². The van der Waals surface area contributed by atoms with Crippen LogP contribution >= 0.6 is 39.1 Å². The molecule has 0 saturated carbocycles. The van der Waals surface area contributed by atoms with E-state index >= 15 is 0 Å². The van der Waals surface area contributed by atoms with Crippen LogP contribution in [0.4, 0.5) is 0 Å². The molecule has 16 N–H and O–H groups in total. The van der Waals surface area contributed by atoms with Crippen molar-refractivity contribution in [2.45, 2.75) is 190 Å². The van der Waals surface area contributed by atoms with E-state index in [0.29, 0.717) is 4.57 Å². The van der Waals surface area contributed by atoms with Gasteiger partial charge in [0.15, 0.2) is 0 Å². The number of aromatic amines is 6. The number of aromatic nitrogens is 12. The van der Waals surface area contributed by atoms with Gasteiger partial charge < -0.3 is 74.2 Å². The van der Waals surface area contributed by atoms with Gasteiger partial charge in [-0.15, -0.1) is 0 Å². The summed E-state index contributed by atoms with van der Waals surface area (Å²) in [6.45, 7) is 0.0401. The Labute approximate surface area is 685 Å². The summed E-state index contributed by atoms with van der Waals surface area (Å²) >= 11 is 0. The van der Waals surface area contributed by atoms with Gasteiger partial charge in [0, 0.05) is 122 Å². The van der Waals surface area contributed by atoms with Crippen LogP contribution in [0.5, 0.6) is 0 Å². The molecule has 60 heteroatoms. The monoisotopic (exact) mass is 1850 g/mol. The van der Waals surface area contributed by atoms with Crippen LogP contribution in [0, 0.1) is 34.6 Å². The zero-order valence-electron chi connectivity index (χ0n) is 65.0. The average molecular weight is 1850 g/mol. The number of phosphoric acid groups is 5. The van der Waals surface area contributed by atoms with Crippen LogP contribution in [0.1, 0.15) is 109 Å². The van der Waals surface area contributed by atoms with Crippen LogP contribution in [-0.4, -0.2) is 224 Å². The minimum Gasteiger partial charge on any atom is -0.394 e. The zero-order valence-corrected chi connectivity index (χ0v) is 69.4. The number of H-pyrrole nitrogens is 6. The molecule has 6 aromatic rings. The van der Waals surface area contributed by atoms with Crippen LogP contribution in [0.3, 0.4) is 0 Å². The highest BCUT2D eigenvalue weighted by atomic mass is 31.2. The van der Waals surface area contributed by atoms with Crippen LogP contribution in [-0.2, 0) is 108 Å². The Bertz CT molecular complexity index is 5990. The molecule has 23 atom stereocenters. The number of nitrogens with two attached hydrogens (primary N) is 1. The Morgan fingerprint density at radius 2 is 0.610 bits per heavy atom. The van der Waals surface area contributed by atoms with Gasteiger partial charge in [0.05, 0.1) is 52.2 Å². The first kappa shape index (κ1) is 93.9. The maximum atomic E-state index is 14.5. The van der Waals surface area contributed by atoms with Crippen LogP contribution in [0.15, 0.2) is 94.7 Å². The molecule has 55 nitrogen and oxygen atoms in total. The molecular formula is C63H85N14O41P5. The summed E-state index contributed by atoms with van der Waals surface area (Å²) in [6, 6.07) is 0. The number of hydrogen-bond donors (Lipinski definition) is 15. The number of rotatable bonds is 36. The molecule has 12 rings (SSSR count). The Kier molecular flexibility index (Phi) is 29.1. The zero-order chi connectivity index (χ0) is 89.4. The van der Waals surface area contributed by atoms with Crippen molar-refractivity contribution in [2.24, 2.45) is 5.73 Å². The Hall–Kier alpha value is -8.26. The van der Waals surface area contributed by atoms with Gasteiger partial charge in [-0.3, -0.25) is 136 Å². The van der Waals surface area contributed by atoms with Gasteiger partial charge in [0.25, 0.3) is 33.4 Å². The number of carbonyl (C=O) groups is 1. The number of ether oxygens (including phenoxy) is 6. The molecule has 0 spiro atoms. The van der Waals surface area contributed by atoms with E-state index in [9.17, 15) is 120 Å². The average Bonchev–Trinajstić information content (AvgIpc) is 1.41. The standard InChI is InChI=1S/C63H85N14O41P5/c1-27-15-72(58(87)66-52(27)81)46-9-33(79)40(109-46)22-103-119(93,94)115-35-11-48(74-17-29(3)54(83)68-60(74)89)111-42(35)24-106-123(101,102)118-38-14-51(77-20-32(57(86)71-63(77)92)8-45(80)65-7-6-64)113-44(38)26-107-122(99,100)117-37-13-50(76-19-31(5)56(85)70-62(76)91)112-43(37)25-105-121(97,98)116-36-12-49(75-18-30(4)55(84)69-61(75)90)110-41(36)23-104-120(95,96)114-34-10-47(108-39(34)21-78)73-16-28(2)53(82)67-59(73)88/h15-20,33-44,46-51,78-79H,6-14,21-26,64H2,1-5H3,(H,65,80)(H,93,94)(H,95,96)(H,97,98)(H,99,100)(H,101,102)(H,66,81,87)(H,67,82,88)(H,68,83,89)(H,69,84,90)(H,70,85,91)(H,71,86,92)/t33-,34-,35-,36-,37-,38-,39+,40+,41+,42+,43+,44+,46+,47+,48+,49+,50+,51+/m0/s1. The molecule has 0 aromatic carbocycles. The third-order valence-corrected chi connectivity index (χ3v) is 25.2. The molecule has 0 aliphatic carbocycles. The Balaban J connectivity index is 0.761. The molecule has 6 saturated heterocycles. The minimum atomic E-state index is -5.79. The molecule has 678 valence electrons. The Morgan fingerprint density at radius 1 is 0.382 bits per heavy atom. The SMILES string of the molecule is Cc1cn([C@H]2C[C@H](OP(=O)(O)OC[C@H]3O[C@@H](n4cc(C)c(=O)[nH]c4=O)C[C@@H]3OP(=O)(O)OC[C@H]3O[C@@H](n4cc(C)c(=O)[nH]c4=O)C[C@@H]3OP(=O)(O)OC[C@H]3O[C@@H](n4cc(CC(=O)NCCN)c(=O)[nH]c4=O)C[C@@H]3OP(=O)(O)OC[C@H]3O[C@@H](n4cc(C)c(=O)[nH]c4=O)C[C@@H]3OP(=O)(O)OC[C@H]3O[C@@H](n4cc(C)c(=O)[nH]c4=O)C[C@@H]3O)[C@@H](CO)O2)c(=O)[nH]c1=O. The lowest BCUT2D eigenvalue weighted by atomic mass is 10.2. The summed E-state index contributed by atoms with van der Waals surface area (Å²) in [5.74, 6) is -0.753. The van der Waals surface area contributed by atoms with E-state index in [1.165, 1.54) is 34.6 Å². The van der Waals surface area contributed by atoms with Crippen molar-refractivity contribution in [3.8, 4) is 0 Å². The van der Waals surface area contributed by atoms with Crippen LogP contribution in [0.25, 0.3) is 0 Å². The van der Waals surface area contributed by atoms with E-state index in [0.717, 1.165) is 60.0 Å². The highest BCUT2D eigenvalue weighted by Crippen LogP contribution is 2.56. The lowest BCUT2D eigenvalue weighted by Gasteiger charge is -2.26. The summed E-state index contributed by atoms with van der Waals surface area (Å²) in [5, 5.41) is 23.4. The van der Waals surface area contributed by atoms with E-state index in [2.05, 4.69) is 15.3 Å². The smallest absolute Gasteiger partial charge is 0.394 e. The first-order valence-corrected chi connectivity index (χ1v) is 44.6. The van der Waals surface area contributed by atoms with Crippen LogP contribution < -0.4 is 78.5 Å². The lowest BCUT2D eigenvalue weighted by molar-refractivity contribution is -0.120. The quantitative estimate of drug-likeness (QED) is 0.0164. The van der Waals surface area contributed by atoms with E-state index in [1.54, 1.807) is 0 Å². The number of aliphatic hydroxyl groups is 2. The second kappa shape index (κ2) is 38.1. The van der Waals surface area contributed by atoms with Gasteiger partial charge in [0.1, 0.15) is 105 Å². The van der Waals surface area contributed by atoms with E-state index in [4.69, 9.17) is 79.4 Å². The normalized spacial score (nSPS) is 29.0. The molecule has 0 bridgehead atoms. The predicted molar refractivity (Wildman–Crippen MR) is 405 cm³/mol. The molecule has 12 heterocycles. The Morgan fingerprint density at radius 3 is 0.878 bits per heavy atom. The van der Waals surface area contributed by atoms with Gasteiger partial charge in [-0.2, -0.15) is 0 Å². The summed E-state index contributed by atoms with van der Waals surface area (Å²) in [4.78, 5) is 235. The first-order valence-electron chi connectivity index (χ1n) is 37.2. The fourth-order valence-electron chi connectivity index (χ4n) is 13.9. The van der Waals surface area contributed by atoms with Crippen molar-refractivity contribution < 1.29 is 136 Å². The topological polar surface area (TPSA) is 759 Å². The number of aryl methyl sites for hydroxylation is 5. The van der Waals surface area contributed by atoms with Gasteiger partial charge in [-0.1, -0.05) is 0 Å². The predicted octanol–water partition coefficient (Wildman–Crippen LogP) is -4.96. The second-order valence-electron chi connectivity index (χ2n) is 29.0. The molecule has 1 amide bonds. The summed E-state index contributed by atoms with van der Waals surface area (Å²) < 4.78 is 165. The molecule has 0 radical (unpaired) electrons. The maximum Gasteiger partial charge on any atom is 0.472 e. The van der Waals surface area contributed by atoms with Gasteiger partial charge in [0.2, 0.25) is 5.91 Å². The van der Waals surface area contributed by atoms with Crippen molar-refractivity contribution in [3.63, 3.8) is 0 Å². The maximum absolute atomic E-state index is 14.5. The van der Waals surface area contributed by atoms with Gasteiger partial charge >= 0.3 is 73.3 Å². The largest absolute Gasteiger partial charge is 0.472 e. The minimum absolute atomic E-state index is 0.0209. The third-order valence-electron chi connectivity index (χ3n) is 20.1. The number of nitrogens with one attached hydrogen (secondary N) is 7. The molecular weight excluding hydrogens is 1760 g/mol. The number of carbonyl (C=O) groups excluding carboxylic acids is 1. The molecule has 6 fully saturated rings. The fraction of sp³-hybridized carbons (Fsp3) is 0.603. The fourth-order valence-corrected chi connectivity index (χ4v) is 18.7. The molecule has 6 aliphatic heterocycles. The van der Waals surface area contributed by atoms with Crippen molar-refractivity contribution in [1.82, 2.24) is 62.6 Å². The third kappa shape index (κ3) is 23.0. The molecule has 5 unspecified atom stereocenters. The molecule has 6 aromatic heterocycles. The van der Waals surface area contributed by atoms with Gasteiger partial charge in [-0.25, -0.2) is 51.6 Å². The summed E-state index contributed by atoms with van der Waals surface area (Å²) in [6.07, 6.45) is -27.4. The van der Waals surface area contributed by atoms with E-state index in [-0.39, 0.29) is 52.9 Å².